The van der Waals surface area contributed by atoms with Crippen molar-refractivity contribution in [2.75, 3.05) is 0 Å². The zero-order valence-electron chi connectivity index (χ0n) is 19.2. The number of carbonyl (C=O) groups excluding carboxylic acids is 1. The second-order valence-corrected chi connectivity index (χ2v) is 11.3. The van der Waals surface area contributed by atoms with Crippen LogP contribution in [0.15, 0.2) is 12.2 Å². The standard InChI is InChI=1S/C24H46O/c1-13-14-20(19(3)25)15-18(2)16-22(7,8)24(11,12)17-23(9,10)21(4,5)6/h20H,2,13-17H2,1,3-12H3. The summed E-state index contributed by atoms with van der Waals surface area (Å²) in [6.45, 7) is 29.6. The lowest BCUT2D eigenvalue weighted by molar-refractivity contribution is -0.120. The van der Waals surface area contributed by atoms with E-state index in [9.17, 15) is 4.79 Å². The first-order chi connectivity index (χ1) is 11.0. The van der Waals surface area contributed by atoms with Crippen molar-refractivity contribution >= 4 is 5.78 Å². The SMILES string of the molecule is C=C(CC(CCC)C(C)=O)CC(C)(C)C(C)(C)CC(C)(C)C(C)(C)C. The van der Waals surface area contributed by atoms with Gasteiger partial charge in [-0.3, -0.25) is 4.79 Å². The van der Waals surface area contributed by atoms with E-state index < -0.39 is 0 Å². The zero-order chi connectivity index (χ0) is 20.3. The van der Waals surface area contributed by atoms with E-state index in [0.29, 0.717) is 5.78 Å². The van der Waals surface area contributed by atoms with Gasteiger partial charge in [-0.15, -0.1) is 0 Å². The molecular weight excluding hydrogens is 304 g/mol. The minimum atomic E-state index is 0.153. The predicted molar refractivity (Wildman–Crippen MR) is 113 cm³/mol. The molecule has 148 valence electrons. The zero-order valence-corrected chi connectivity index (χ0v) is 19.2. The predicted octanol–water partition coefficient (Wildman–Crippen LogP) is 7.84. The molecular formula is C24H46O. The van der Waals surface area contributed by atoms with Gasteiger partial charge in [-0.2, -0.15) is 0 Å². The number of allylic oxidation sites excluding steroid dienone is 1. The highest BCUT2D eigenvalue weighted by molar-refractivity contribution is 5.78. The molecule has 1 heteroatoms. The highest BCUT2D eigenvalue weighted by Gasteiger charge is 2.44. The molecule has 0 amide bonds. The molecule has 0 saturated carbocycles. The molecule has 0 fully saturated rings. The molecule has 1 unspecified atom stereocenters. The lowest BCUT2D eigenvalue weighted by Crippen LogP contribution is -2.41. The maximum Gasteiger partial charge on any atom is 0.133 e. The summed E-state index contributed by atoms with van der Waals surface area (Å²) in [7, 11) is 0. The molecule has 0 aromatic rings. The molecule has 0 bridgehead atoms. The van der Waals surface area contributed by atoms with E-state index in [1.165, 1.54) is 12.0 Å². The van der Waals surface area contributed by atoms with Gasteiger partial charge in [0.1, 0.15) is 5.78 Å². The second kappa shape index (κ2) is 8.40. The molecule has 0 radical (unpaired) electrons. The van der Waals surface area contributed by atoms with Gasteiger partial charge in [0, 0.05) is 5.92 Å². The van der Waals surface area contributed by atoms with Crippen molar-refractivity contribution in [1.82, 2.24) is 0 Å². The van der Waals surface area contributed by atoms with Crippen LogP contribution in [0.3, 0.4) is 0 Å². The Kier molecular flexibility index (Phi) is 8.20. The first kappa shape index (κ1) is 24.4. The molecule has 0 saturated heterocycles. The van der Waals surface area contributed by atoms with Crippen molar-refractivity contribution < 1.29 is 4.79 Å². The summed E-state index contributed by atoms with van der Waals surface area (Å²) >= 11 is 0. The molecule has 25 heavy (non-hydrogen) atoms. The van der Waals surface area contributed by atoms with E-state index in [4.69, 9.17) is 0 Å². The quantitative estimate of drug-likeness (QED) is 0.367. The number of Topliss-reactive ketones (excluding diaryl/α,β-unsaturated/α-hetero) is 1. The second-order valence-electron chi connectivity index (χ2n) is 11.3. The number of rotatable bonds is 10. The molecule has 0 aliphatic carbocycles. The van der Waals surface area contributed by atoms with E-state index in [-0.39, 0.29) is 27.6 Å². The summed E-state index contributed by atoms with van der Waals surface area (Å²) < 4.78 is 0. The average Bonchev–Trinajstić information content (AvgIpc) is 2.34. The minimum Gasteiger partial charge on any atom is -0.300 e. The number of hydrogen-bond donors (Lipinski definition) is 0. The summed E-state index contributed by atoms with van der Waals surface area (Å²) in [5, 5.41) is 0. The Morgan fingerprint density at radius 1 is 0.880 bits per heavy atom. The third kappa shape index (κ3) is 6.91. The Morgan fingerprint density at radius 2 is 1.36 bits per heavy atom. The van der Waals surface area contributed by atoms with Gasteiger partial charge in [0.15, 0.2) is 0 Å². The van der Waals surface area contributed by atoms with E-state index >= 15 is 0 Å². The van der Waals surface area contributed by atoms with Crippen LogP contribution in [0.1, 0.15) is 108 Å². The van der Waals surface area contributed by atoms with Crippen molar-refractivity contribution in [2.24, 2.45) is 27.6 Å². The lowest BCUT2D eigenvalue weighted by Gasteiger charge is -2.50. The van der Waals surface area contributed by atoms with Crippen LogP contribution >= 0.6 is 0 Å². The summed E-state index contributed by atoms with van der Waals surface area (Å²) in [4.78, 5) is 11.9. The molecule has 0 aliphatic heterocycles. The van der Waals surface area contributed by atoms with Crippen LogP contribution in [0.4, 0.5) is 0 Å². The van der Waals surface area contributed by atoms with Gasteiger partial charge in [0.05, 0.1) is 0 Å². The molecule has 0 N–H and O–H groups in total. The van der Waals surface area contributed by atoms with Crippen molar-refractivity contribution in [1.29, 1.82) is 0 Å². The first-order valence-corrected chi connectivity index (χ1v) is 10.1. The monoisotopic (exact) mass is 350 g/mol. The van der Waals surface area contributed by atoms with Gasteiger partial charge in [-0.25, -0.2) is 0 Å². The molecule has 0 aliphatic rings. The summed E-state index contributed by atoms with van der Waals surface area (Å²) in [5.41, 5.74) is 2.13. The van der Waals surface area contributed by atoms with E-state index in [1.54, 1.807) is 6.92 Å². The number of ketones is 1. The van der Waals surface area contributed by atoms with E-state index in [1.807, 2.05) is 0 Å². The van der Waals surface area contributed by atoms with Crippen molar-refractivity contribution in [3.63, 3.8) is 0 Å². The molecule has 1 nitrogen and oxygen atoms in total. The fourth-order valence-corrected chi connectivity index (χ4v) is 3.69. The minimum absolute atomic E-state index is 0.153. The third-order valence-electron chi connectivity index (χ3n) is 7.19. The smallest absolute Gasteiger partial charge is 0.133 e. The van der Waals surface area contributed by atoms with Crippen LogP contribution in [0, 0.1) is 27.6 Å². The summed E-state index contributed by atoms with van der Waals surface area (Å²) in [6, 6.07) is 0. The first-order valence-electron chi connectivity index (χ1n) is 10.1. The van der Waals surface area contributed by atoms with E-state index in [2.05, 4.69) is 75.8 Å². The fourth-order valence-electron chi connectivity index (χ4n) is 3.69. The van der Waals surface area contributed by atoms with Crippen LogP contribution in [0.25, 0.3) is 0 Å². The van der Waals surface area contributed by atoms with Gasteiger partial charge < -0.3 is 0 Å². The van der Waals surface area contributed by atoms with Crippen molar-refractivity contribution in [3.8, 4) is 0 Å². The topological polar surface area (TPSA) is 17.1 Å². The fraction of sp³-hybridized carbons (Fsp3) is 0.875. The van der Waals surface area contributed by atoms with Crippen LogP contribution in [0.2, 0.25) is 0 Å². The largest absolute Gasteiger partial charge is 0.300 e. The Balaban J connectivity index is 5.16. The normalized spacial score (nSPS) is 15.2. The maximum absolute atomic E-state index is 11.9. The van der Waals surface area contributed by atoms with Crippen LogP contribution < -0.4 is 0 Å². The van der Waals surface area contributed by atoms with Crippen molar-refractivity contribution in [3.05, 3.63) is 12.2 Å². The molecule has 1 atom stereocenters. The number of hydrogen-bond acceptors (Lipinski definition) is 1. The maximum atomic E-state index is 11.9. The van der Waals surface area contributed by atoms with Crippen LogP contribution in [-0.2, 0) is 4.79 Å². The third-order valence-corrected chi connectivity index (χ3v) is 7.19. The highest BCUT2D eigenvalue weighted by Crippen LogP contribution is 2.54. The Hall–Kier alpha value is -0.590. The summed E-state index contributed by atoms with van der Waals surface area (Å²) in [6.07, 6.45) is 5.06. The van der Waals surface area contributed by atoms with E-state index in [0.717, 1.165) is 25.7 Å². The summed E-state index contributed by atoms with van der Waals surface area (Å²) in [5.74, 6) is 0.469. The Morgan fingerprint density at radius 3 is 1.72 bits per heavy atom. The molecule has 0 aromatic heterocycles. The Bertz CT molecular complexity index is 457. The lowest BCUT2D eigenvalue weighted by atomic mass is 9.55. The van der Waals surface area contributed by atoms with Crippen molar-refractivity contribution in [2.45, 2.75) is 108 Å². The molecule has 0 spiro atoms. The number of carbonyl (C=O) groups is 1. The molecule has 0 aromatic carbocycles. The molecule has 0 heterocycles. The Labute approximate surface area is 159 Å². The van der Waals surface area contributed by atoms with Crippen LogP contribution in [-0.4, -0.2) is 5.78 Å². The van der Waals surface area contributed by atoms with Gasteiger partial charge in [0.25, 0.3) is 0 Å². The van der Waals surface area contributed by atoms with Gasteiger partial charge in [-0.1, -0.05) is 87.8 Å². The van der Waals surface area contributed by atoms with Gasteiger partial charge in [0.2, 0.25) is 0 Å². The van der Waals surface area contributed by atoms with Gasteiger partial charge in [-0.05, 0) is 54.3 Å². The molecule has 0 rings (SSSR count). The average molecular weight is 351 g/mol. The van der Waals surface area contributed by atoms with Crippen LogP contribution in [0.5, 0.6) is 0 Å². The highest BCUT2D eigenvalue weighted by atomic mass is 16.1. The van der Waals surface area contributed by atoms with Gasteiger partial charge >= 0.3 is 0 Å².